The Morgan fingerprint density at radius 2 is 2.33 bits per heavy atom. The Kier molecular flexibility index (Phi) is 4.90. The molecule has 2 heterocycles. The molecule has 1 aliphatic rings. The fourth-order valence-corrected chi connectivity index (χ4v) is 2.23. The first-order valence-electron chi connectivity index (χ1n) is 6.68. The molecule has 1 saturated heterocycles. The molecular formula is C13H21N3O2. The molecule has 18 heavy (non-hydrogen) atoms. The van der Waals surface area contributed by atoms with Gasteiger partial charge in [-0.2, -0.15) is 5.10 Å². The quantitative estimate of drug-likeness (QED) is 0.773. The van der Waals surface area contributed by atoms with E-state index >= 15 is 0 Å². The first-order valence-corrected chi connectivity index (χ1v) is 6.68. The Bertz CT molecular complexity index is 383. The van der Waals surface area contributed by atoms with Crippen molar-refractivity contribution in [3.8, 4) is 0 Å². The van der Waals surface area contributed by atoms with Crippen LogP contribution in [0.15, 0.2) is 12.3 Å². The number of Topliss-reactive ketones (excluding diaryl/α,β-unsaturated/α-hetero) is 1. The highest BCUT2D eigenvalue weighted by atomic mass is 16.5. The van der Waals surface area contributed by atoms with E-state index in [4.69, 9.17) is 4.74 Å². The average molecular weight is 251 g/mol. The van der Waals surface area contributed by atoms with Crippen LogP contribution in [0, 0.1) is 0 Å². The van der Waals surface area contributed by atoms with E-state index in [-0.39, 0.29) is 5.78 Å². The van der Waals surface area contributed by atoms with Crippen LogP contribution < -0.4 is 5.32 Å². The molecule has 0 amide bonds. The Morgan fingerprint density at radius 3 is 3.06 bits per heavy atom. The number of ether oxygens (including phenoxy) is 1. The molecule has 0 saturated carbocycles. The van der Waals surface area contributed by atoms with Gasteiger partial charge in [-0.3, -0.25) is 9.48 Å². The Hall–Kier alpha value is -1.20. The van der Waals surface area contributed by atoms with Crippen molar-refractivity contribution >= 4 is 5.78 Å². The van der Waals surface area contributed by atoms with Gasteiger partial charge in [0.15, 0.2) is 5.78 Å². The van der Waals surface area contributed by atoms with Gasteiger partial charge >= 0.3 is 0 Å². The molecule has 0 aromatic carbocycles. The minimum absolute atomic E-state index is 0.114. The Balaban J connectivity index is 1.74. The topological polar surface area (TPSA) is 56.2 Å². The predicted molar refractivity (Wildman–Crippen MR) is 68.7 cm³/mol. The van der Waals surface area contributed by atoms with Crippen LogP contribution >= 0.6 is 0 Å². The molecule has 0 aliphatic carbocycles. The number of piperidine rings is 1. The molecule has 2 rings (SSSR count). The predicted octanol–water partition coefficient (Wildman–Crippen LogP) is 1.24. The lowest BCUT2D eigenvalue weighted by Gasteiger charge is -2.22. The van der Waals surface area contributed by atoms with E-state index in [1.165, 1.54) is 0 Å². The minimum Gasteiger partial charge on any atom is -0.378 e. The van der Waals surface area contributed by atoms with Crippen LogP contribution in [-0.2, 0) is 11.3 Å². The number of ketones is 1. The maximum absolute atomic E-state index is 12.0. The normalized spacial score (nSPS) is 16.9. The van der Waals surface area contributed by atoms with Crippen molar-refractivity contribution in [3.05, 3.63) is 18.0 Å². The van der Waals surface area contributed by atoms with Gasteiger partial charge in [0.1, 0.15) is 5.69 Å². The highest BCUT2D eigenvalue weighted by Crippen LogP contribution is 2.09. The molecule has 0 atom stereocenters. The molecule has 1 aromatic heterocycles. The zero-order chi connectivity index (χ0) is 12.8. The third-order valence-electron chi connectivity index (χ3n) is 3.27. The van der Waals surface area contributed by atoms with Crippen LogP contribution in [0.4, 0.5) is 0 Å². The summed E-state index contributed by atoms with van der Waals surface area (Å²) in [6.07, 6.45) is 4.51. The summed E-state index contributed by atoms with van der Waals surface area (Å²) >= 11 is 0. The van der Waals surface area contributed by atoms with Crippen molar-refractivity contribution in [2.24, 2.45) is 0 Å². The van der Waals surface area contributed by atoms with Gasteiger partial charge < -0.3 is 10.1 Å². The summed E-state index contributed by atoms with van der Waals surface area (Å²) in [5.74, 6) is 0.114. The summed E-state index contributed by atoms with van der Waals surface area (Å²) in [5.41, 5.74) is 0.686. The molecule has 0 spiro atoms. The van der Waals surface area contributed by atoms with Gasteiger partial charge in [-0.05, 0) is 38.9 Å². The maximum atomic E-state index is 12.0. The second-order valence-corrected chi connectivity index (χ2v) is 4.53. The highest BCUT2D eigenvalue weighted by Gasteiger charge is 2.15. The number of hydrogen-bond acceptors (Lipinski definition) is 4. The molecule has 5 heteroatoms. The van der Waals surface area contributed by atoms with E-state index in [9.17, 15) is 4.79 Å². The third kappa shape index (κ3) is 3.40. The zero-order valence-electron chi connectivity index (χ0n) is 10.9. The lowest BCUT2D eigenvalue weighted by Crippen LogP contribution is -2.32. The number of nitrogens with one attached hydrogen (secondary N) is 1. The van der Waals surface area contributed by atoms with E-state index in [2.05, 4.69) is 10.4 Å². The van der Waals surface area contributed by atoms with Gasteiger partial charge in [-0.25, -0.2) is 0 Å². The zero-order valence-corrected chi connectivity index (χ0v) is 10.9. The van der Waals surface area contributed by atoms with Crippen molar-refractivity contribution < 1.29 is 9.53 Å². The van der Waals surface area contributed by atoms with Gasteiger partial charge in [0.2, 0.25) is 0 Å². The molecule has 100 valence electrons. The number of rotatable bonds is 6. The number of hydrogen-bond donors (Lipinski definition) is 1. The first-order chi connectivity index (χ1) is 8.81. The van der Waals surface area contributed by atoms with Crippen molar-refractivity contribution in [2.45, 2.75) is 38.8 Å². The molecule has 1 aromatic rings. The Labute approximate surface area is 108 Å². The van der Waals surface area contributed by atoms with Crippen LogP contribution in [0.5, 0.6) is 0 Å². The van der Waals surface area contributed by atoms with Gasteiger partial charge in [0.05, 0.1) is 12.7 Å². The van der Waals surface area contributed by atoms with E-state index in [0.29, 0.717) is 24.8 Å². The van der Waals surface area contributed by atoms with Crippen molar-refractivity contribution in [1.29, 1.82) is 0 Å². The lowest BCUT2D eigenvalue weighted by atomic mass is 10.1. The smallest absolute Gasteiger partial charge is 0.183 e. The molecular weight excluding hydrogens is 230 g/mol. The fourth-order valence-electron chi connectivity index (χ4n) is 2.23. The highest BCUT2D eigenvalue weighted by molar-refractivity contribution is 5.94. The number of nitrogens with zero attached hydrogens (tertiary/aromatic N) is 2. The van der Waals surface area contributed by atoms with E-state index < -0.39 is 0 Å². The average Bonchev–Trinajstić information content (AvgIpc) is 2.88. The monoisotopic (exact) mass is 251 g/mol. The molecule has 1 aliphatic heterocycles. The van der Waals surface area contributed by atoms with Gasteiger partial charge in [0.25, 0.3) is 0 Å². The van der Waals surface area contributed by atoms with E-state index in [1.807, 2.05) is 6.92 Å². The molecule has 0 unspecified atom stereocenters. The van der Waals surface area contributed by atoms with Gasteiger partial charge in [-0.15, -0.1) is 0 Å². The summed E-state index contributed by atoms with van der Waals surface area (Å²) in [5, 5.41) is 7.39. The maximum Gasteiger partial charge on any atom is 0.183 e. The van der Waals surface area contributed by atoms with Crippen LogP contribution in [-0.4, -0.2) is 41.4 Å². The summed E-state index contributed by atoms with van der Waals surface area (Å²) in [6.45, 7) is 5.25. The molecule has 0 radical (unpaired) electrons. The van der Waals surface area contributed by atoms with Crippen LogP contribution in [0.3, 0.4) is 0 Å². The first kappa shape index (κ1) is 13.2. The number of carbonyl (C=O) groups excluding carboxylic acids is 1. The van der Waals surface area contributed by atoms with Crippen LogP contribution in [0.25, 0.3) is 0 Å². The molecule has 5 nitrogen and oxygen atoms in total. The largest absolute Gasteiger partial charge is 0.378 e. The molecule has 1 N–H and O–H groups in total. The van der Waals surface area contributed by atoms with Gasteiger partial charge in [-0.1, -0.05) is 0 Å². The number of aromatic nitrogens is 2. The molecule has 0 bridgehead atoms. The summed E-state index contributed by atoms with van der Waals surface area (Å²) < 4.78 is 7.46. The fraction of sp³-hybridized carbons (Fsp3) is 0.692. The van der Waals surface area contributed by atoms with Crippen LogP contribution in [0.1, 0.15) is 36.7 Å². The molecule has 1 fully saturated rings. The van der Waals surface area contributed by atoms with Crippen molar-refractivity contribution in [1.82, 2.24) is 15.1 Å². The summed E-state index contributed by atoms with van der Waals surface area (Å²) in [4.78, 5) is 12.0. The SMILES string of the molecule is CCn1nccc1C(=O)CCOC1CCNCC1. The van der Waals surface area contributed by atoms with Gasteiger partial charge in [0, 0.05) is 19.2 Å². The van der Waals surface area contributed by atoms with Crippen molar-refractivity contribution in [2.75, 3.05) is 19.7 Å². The second kappa shape index (κ2) is 6.66. The number of aryl methyl sites for hydroxylation is 1. The van der Waals surface area contributed by atoms with E-state index in [0.717, 1.165) is 32.5 Å². The van der Waals surface area contributed by atoms with Crippen LogP contribution in [0.2, 0.25) is 0 Å². The number of carbonyl (C=O) groups is 1. The second-order valence-electron chi connectivity index (χ2n) is 4.53. The standard InChI is InChI=1S/C13H21N3O2/c1-2-16-12(5-9-15-16)13(17)6-10-18-11-3-7-14-8-4-11/h5,9,11,14H,2-4,6-8,10H2,1H3. The summed E-state index contributed by atoms with van der Waals surface area (Å²) in [7, 11) is 0. The van der Waals surface area contributed by atoms with Crippen molar-refractivity contribution in [3.63, 3.8) is 0 Å². The lowest BCUT2D eigenvalue weighted by molar-refractivity contribution is 0.0312. The van der Waals surface area contributed by atoms with E-state index in [1.54, 1.807) is 16.9 Å². The Morgan fingerprint density at radius 1 is 1.56 bits per heavy atom. The minimum atomic E-state index is 0.114. The summed E-state index contributed by atoms with van der Waals surface area (Å²) in [6, 6.07) is 1.77. The third-order valence-corrected chi connectivity index (χ3v) is 3.27.